The minimum atomic E-state index is 0.307. The maximum Gasteiger partial charge on any atom is 0.0344 e. The minimum Gasteiger partial charge on any atom is -0.329 e. The van der Waals surface area contributed by atoms with Gasteiger partial charge in [0.1, 0.15) is 0 Å². The van der Waals surface area contributed by atoms with Crippen molar-refractivity contribution < 1.29 is 0 Å². The highest BCUT2D eigenvalue weighted by atomic mass is 32.2. The SMILES string of the molecule is CSCCN(C)C1(CN)CCSCC1. The zero-order chi connectivity index (χ0) is 10.4. The third-order valence-corrected chi connectivity index (χ3v) is 4.82. The zero-order valence-electron chi connectivity index (χ0n) is 9.29. The molecule has 0 unspecified atom stereocenters. The Morgan fingerprint density at radius 3 is 2.57 bits per heavy atom. The summed E-state index contributed by atoms with van der Waals surface area (Å²) in [6.07, 6.45) is 4.69. The Morgan fingerprint density at radius 1 is 1.43 bits per heavy atom. The molecule has 0 spiro atoms. The first-order valence-corrected chi connectivity index (χ1v) is 7.78. The van der Waals surface area contributed by atoms with Gasteiger partial charge in [-0.2, -0.15) is 23.5 Å². The number of nitrogens with zero attached hydrogens (tertiary/aromatic N) is 1. The van der Waals surface area contributed by atoms with Crippen molar-refractivity contribution in [2.75, 3.05) is 43.7 Å². The van der Waals surface area contributed by atoms with Crippen LogP contribution in [0.15, 0.2) is 0 Å². The molecule has 0 saturated carbocycles. The summed E-state index contributed by atoms with van der Waals surface area (Å²) in [6.45, 7) is 1.99. The van der Waals surface area contributed by atoms with E-state index in [4.69, 9.17) is 5.73 Å². The lowest BCUT2D eigenvalue weighted by Crippen LogP contribution is -2.54. The first-order chi connectivity index (χ1) is 6.75. The van der Waals surface area contributed by atoms with E-state index in [1.54, 1.807) is 0 Å². The van der Waals surface area contributed by atoms with Crippen LogP contribution in [0.2, 0.25) is 0 Å². The standard InChI is InChI=1S/C10H22N2S2/c1-12(5-8-13-2)10(9-11)3-6-14-7-4-10/h3-9,11H2,1-2H3. The summed E-state index contributed by atoms with van der Waals surface area (Å²) >= 11 is 3.98. The van der Waals surface area contributed by atoms with Crippen molar-refractivity contribution in [2.24, 2.45) is 5.73 Å². The van der Waals surface area contributed by atoms with E-state index in [2.05, 4.69) is 30.0 Å². The van der Waals surface area contributed by atoms with E-state index < -0.39 is 0 Å². The molecule has 0 radical (unpaired) electrons. The minimum absolute atomic E-state index is 0.307. The van der Waals surface area contributed by atoms with E-state index >= 15 is 0 Å². The summed E-state index contributed by atoms with van der Waals surface area (Å²) in [4.78, 5) is 2.49. The van der Waals surface area contributed by atoms with Gasteiger partial charge in [0.25, 0.3) is 0 Å². The second kappa shape index (κ2) is 6.26. The fourth-order valence-electron chi connectivity index (χ4n) is 1.96. The van der Waals surface area contributed by atoms with Crippen LogP contribution in [0.4, 0.5) is 0 Å². The normalized spacial score (nSPS) is 21.4. The molecule has 0 aliphatic carbocycles. The van der Waals surface area contributed by atoms with Crippen molar-refractivity contribution in [1.29, 1.82) is 0 Å². The van der Waals surface area contributed by atoms with Crippen molar-refractivity contribution in [3.05, 3.63) is 0 Å². The highest BCUT2D eigenvalue weighted by Crippen LogP contribution is 2.30. The van der Waals surface area contributed by atoms with Crippen molar-refractivity contribution in [2.45, 2.75) is 18.4 Å². The zero-order valence-corrected chi connectivity index (χ0v) is 10.9. The molecule has 4 heteroatoms. The molecule has 1 aliphatic heterocycles. The van der Waals surface area contributed by atoms with Gasteiger partial charge in [0.05, 0.1) is 0 Å². The fourth-order valence-corrected chi connectivity index (χ4v) is 3.67. The number of thioether (sulfide) groups is 2. The van der Waals surface area contributed by atoms with E-state index in [0.717, 1.165) is 6.54 Å². The van der Waals surface area contributed by atoms with Crippen LogP contribution in [0.1, 0.15) is 12.8 Å². The van der Waals surface area contributed by atoms with Crippen molar-refractivity contribution in [3.8, 4) is 0 Å². The molecule has 1 fully saturated rings. The monoisotopic (exact) mass is 234 g/mol. The van der Waals surface area contributed by atoms with E-state index in [-0.39, 0.29) is 0 Å². The second-order valence-corrected chi connectivity index (χ2v) is 6.17. The fraction of sp³-hybridized carbons (Fsp3) is 1.00. The Hall–Kier alpha value is 0.620. The van der Waals surface area contributed by atoms with E-state index in [9.17, 15) is 0 Å². The van der Waals surface area contributed by atoms with Gasteiger partial charge >= 0.3 is 0 Å². The molecule has 1 heterocycles. The van der Waals surface area contributed by atoms with E-state index in [1.807, 2.05) is 11.8 Å². The molecule has 2 nitrogen and oxygen atoms in total. The van der Waals surface area contributed by atoms with Gasteiger partial charge in [0.15, 0.2) is 0 Å². The van der Waals surface area contributed by atoms with Crippen LogP contribution in [0.25, 0.3) is 0 Å². The molecule has 0 amide bonds. The van der Waals surface area contributed by atoms with Crippen molar-refractivity contribution in [3.63, 3.8) is 0 Å². The van der Waals surface area contributed by atoms with Crippen LogP contribution in [-0.4, -0.2) is 54.1 Å². The summed E-state index contributed by atoms with van der Waals surface area (Å²) in [5.41, 5.74) is 6.26. The topological polar surface area (TPSA) is 29.3 Å². The summed E-state index contributed by atoms with van der Waals surface area (Å²) < 4.78 is 0. The number of hydrogen-bond acceptors (Lipinski definition) is 4. The maximum atomic E-state index is 5.95. The summed E-state index contributed by atoms with van der Waals surface area (Å²) in [5, 5.41) is 0. The molecule has 1 aliphatic rings. The molecular formula is C10H22N2S2. The van der Waals surface area contributed by atoms with E-state index in [0.29, 0.717) is 5.54 Å². The average molecular weight is 234 g/mol. The average Bonchev–Trinajstić information content (AvgIpc) is 2.26. The van der Waals surface area contributed by atoms with Gasteiger partial charge in [-0.25, -0.2) is 0 Å². The van der Waals surface area contributed by atoms with Gasteiger partial charge in [-0.15, -0.1) is 0 Å². The van der Waals surface area contributed by atoms with Crippen LogP contribution in [0.3, 0.4) is 0 Å². The Balaban J connectivity index is 2.48. The lowest BCUT2D eigenvalue weighted by Gasteiger charge is -2.43. The van der Waals surface area contributed by atoms with E-state index in [1.165, 1.54) is 36.6 Å². The van der Waals surface area contributed by atoms with Gasteiger partial charge in [-0.05, 0) is 37.7 Å². The molecule has 0 aromatic heterocycles. The lowest BCUT2D eigenvalue weighted by molar-refractivity contribution is 0.123. The van der Waals surface area contributed by atoms with Crippen molar-refractivity contribution >= 4 is 23.5 Å². The molecule has 0 aromatic rings. The molecule has 1 saturated heterocycles. The Morgan fingerprint density at radius 2 is 2.07 bits per heavy atom. The Labute approximate surface area is 96.4 Å². The van der Waals surface area contributed by atoms with Crippen LogP contribution < -0.4 is 5.73 Å². The first kappa shape index (κ1) is 12.7. The quantitative estimate of drug-likeness (QED) is 0.781. The molecule has 0 atom stereocenters. The predicted octanol–water partition coefficient (Wildman–Crippen LogP) is 1.51. The van der Waals surface area contributed by atoms with Gasteiger partial charge in [-0.3, -0.25) is 4.90 Å². The first-order valence-electron chi connectivity index (χ1n) is 5.23. The molecule has 14 heavy (non-hydrogen) atoms. The Bertz CT molecular complexity index is 158. The van der Waals surface area contributed by atoms with Crippen LogP contribution in [-0.2, 0) is 0 Å². The van der Waals surface area contributed by atoms with Gasteiger partial charge in [0, 0.05) is 24.4 Å². The van der Waals surface area contributed by atoms with Gasteiger partial charge in [-0.1, -0.05) is 0 Å². The number of rotatable bonds is 5. The van der Waals surface area contributed by atoms with Crippen LogP contribution in [0, 0.1) is 0 Å². The molecule has 0 bridgehead atoms. The number of nitrogens with two attached hydrogens (primary N) is 1. The second-order valence-electron chi connectivity index (χ2n) is 3.96. The molecular weight excluding hydrogens is 212 g/mol. The third kappa shape index (κ3) is 3.05. The molecule has 0 aromatic carbocycles. The van der Waals surface area contributed by atoms with Crippen molar-refractivity contribution in [1.82, 2.24) is 4.90 Å². The third-order valence-electron chi connectivity index (χ3n) is 3.24. The molecule has 84 valence electrons. The molecule has 2 N–H and O–H groups in total. The number of hydrogen-bond donors (Lipinski definition) is 1. The van der Waals surface area contributed by atoms with Gasteiger partial charge < -0.3 is 5.73 Å². The largest absolute Gasteiger partial charge is 0.329 e. The summed E-state index contributed by atoms with van der Waals surface area (Å²) in [5.74, 6) is 3.77. The maximum absolute atomic E-state index is 5.95. The number of likely N-dealkylation sites (N-methyl/N-ethyl adjacent to an activating group) is 1. The summed E-state index contributed by atoms with van der Waals surface area (Å²) in [6, 6.07) is 0. The highest BCUT2D eigenvalue weighted by molar-refractivity contribution is 7.99. The summed E-state index contributed by atoms with van der Waals surface area (Å²) in [7, 11) is 2.24. The predicted molar refractivity (Wildman–Crippen MR) is 69.4 cm³/mol. The molecule has 1 rings (SSSR count). The lowest BCUT2D eigenvalue weighted by atomic mass is 9.90. The van der Waals surface area contributed by atoms with Crippen LogP contribution >= 0.6 is 23.5 Å². The highest BCUT2D eigenvalue weighted by Gasteiger charge is 2.34. The van der Waals surface area contributed by atoms with Gasteiger partial charge in [0.2, 0.25) is 0 Å². The smallest absolute Gasteiger partial charge is 0.0344 e. The Kier molecular flexibility index (Phi) is 5.67. The van der Waals surface area contributed by atoms with Crippen LogP contribution in [0.5, 0.6) is 0 Å².